The number of ether oxygens (including phenoxy) is 3. The van der Waals surface area contributed by atoms with Crippen LogP contribution in [-0.2, 0) is 9.47 Å². The lowest BCUT2D eigenvalue weighted by Crippen LogP contribution is -2.04. The van der Waals surface area contributed by atoms with Crippen LogP contribution in [0.2, 0.25) is 0 Å². The van der Waals surface area contributed by atoms with Gasteiger partial charge in [-0.1, -0.05) is 0 Å². The van der Waals surface area contributed by atoms with Gasteiger partial charge >= 0.3 is 5.97 Å². The highest BCUT2D eigenvalue weighted by Crippen LogP contribution is 2.36. The molecule has 148 valence electrons. The van der Waals surface area contributed by atoms with Gasteiger partial charge in [-0.3, -0.25) is 0 Å². The van der Waals surface area contributed by atoms with Gasteiger partial charge in [0.15, 0.2) is 5.82 Å². The molecule has 2 aromatic heterocycles. The lowest BCUT2D eigenvalue weighted by atomic mass is 10.1. The van der Waals surface area contributed by atoms with Crippen molar-refractivity contribution >= 4 is 27.8 Å². The summed E-state index contributed by atoms with van der Waals surface area (Å²) < 4.78 is 15.4. The third kappa shape index (κ3) is 3.57. The van der Waals surface area contributed by atoms with Crippen molar-refractivity contribution in [1.82, 2.24) is 15.0 Å². The quantitative estimate of drug-likeness (QED) is 0.382. The first-order chi connectivity index (χ1) is 14.1. The molecule has 2 heterocycles. The fraction of sp³-hybridized carbons (Fsp3) is 0.190. The van der Waals surface area contributed by atoms with Crippen molar-refractivity contribution in [2.45, 2.75) is 0 Å². The van der Waals surface area contributed by atoms with Crippen LogP contribution in [0.25, 0.3) is 33.2 Å². The molecule has 0 aliphatic rings. The normalized spacial score (nSPS) is 11.1. The Morgan fingerprint density at radius 3 is 2.79 bits per heavy atom. The fourth-order valence-corrected chi connectivity index (χ4v) is 3.11. The zero-order valence-electron chi connectivity index (χ0n) is 15.9. The summed E-state index contributed by atoms with van der Waals surface area (Å²) in [5.41, 5.74) is 2.11. The SMILES string of the molecule is COCCOc1ccc2cnc(-c3c(O)[nH]c4ccc(C(=O)OC)cc34)nc2c1. The van der Waals surface area contributed by atoms with Crippen molar-refractivity contribution in [2.24, 2.45) is 0 Å². The molecule has 0 saturated carbocycles. The highest BCUT2D eigenvalue weighted by atomic mass is 16.5. The van der Waals surface area contributed by atoms with Crippen LogP contribution < -0.4 is 4.74 Å². The third-order valence-electron chi connectivity index (χ3n) is 4.53. The zero-order chi connectivity index (χ0) is 20.4. The zero-order valence-corrected chi connectivity index (χ0v) is 15.9. The molecular formula is C21H19N3O5. The largest absolute Gasteiger partial charge is 0.494 e. The van der Waals surface area contributed by atoms with Gasteiger partial charge in [0.05, 0.1) is 30.4 Å². The van der Waals surface area contributed by atoms with Gasteiger partial charge in [0.1, 0.15) is 12.4 Å². The van der Waals surface area contributed by atoms with E-state index in [4.69, 9.17) is 14.2 Å². The van der Waals surface area contributed by atoms with Crippen molar-refractivity contribution in [3.05, 3.63) is 48.2 Å². The van der Waals surface area contributed by atoms with Crippen molar-refractivity contribution in [3.8, 4) is 23.0 Å². The Morgan fingerprint density at radius 1 is 1.14 bits per heavy atom. The summed E-state index contributed by atoms with van der Waals surface area (Å²) in [6, 6.07) is 10.5. The summed E-state index contributed by atoms with van der Waals surface area (Å²) in [4.78, 5) is 23.8. The Bertz CT molecular complexity index is 1200. The molecule has 0 radical (unpaired) electrons. The molecule has 4 aromatic rings. The molecule has 0 saturated heterocycles. The first-order valence-corrected chi connectivity index (χ1v) is 8.92. The minimum atomic E-state index is -0.462. The van der Waals surface area contributed by atoms with Gasteiger partial charge in [-0.05, 0) is 30.3 Å². The average molecular weight is 393 g/mol. The van der Waals surface area contributed by atoms with E-state index in [0.717, 1.165) is 5.39 Å². The van der Waals surface area contributed by atoms with E-state index in [0.29, 0.717) is 52.3 Å². The summed E-state index contributed by atoms with van der Waals surface area (Å²) in [6.45, 7) is 0.915. The van der Waals surface area contributed by atoms with Gasteiger partial charge in [-0.2, -0.15) is 0 Å². The van der Waals surface area contributed by atoms with Gasteiger partial charge in [0, 0.05) is 35.7 Å². The smallest absolute Gasteiger partial charge is 0.337 e. The second kappa shape index (κ2) is 7.76. The van der Waals surface area contributed by atoms with Crippen LogP contribution in [0.5, 0.6) is 11.6 Å². The second-order valence-corrected chi connectivity index (χ2v) is 6.36. The Hall–Kier alpha value is -3.65. The van der Waals surface area contributed by atoms with E-state index in [1.807, 2.05) is 18.2 Å². The molecule has 0 bridgehead atoms. The maximum Gasteiger partial charge on any atom is 0.337 e. The van der Waals surface area contributed by atoms with Crippen molar-refractivity contribution < 1.29 is 24.1 Å². The van der Waals surface area contributed by atoms with Crippen molar-refractivity contribution in [3.63, 3.8) is 0 Å². The van der Waals surface area contributed by atoms with Crippen molar-refractivity contribution in [1.29, 1.82) is 0 Å². The predicted molar refractivity (Wildman–Crippen MR) is 107 cm³/mol. The molecule has 0 atom stereocenters. The van der Waals surface area contributed by atoms with E-state index in [-0.39, 0.29) is 5.88 Å². The molecule has 2 N–H and O–H groups in total. The molecule has 8 nitrogen and oxygen atoms in total. The summed E-state index contributed by atoms with van der Waals surface area (Å²) in [5, 5.41) is 11.9. The number of aromatic amines is 1. The Morgan fingerprint density at radius 2 is 2.00 bits per heavy atom. The van der Waals surface area contributed by atoms with Crippen LogP contribution in [0.1, 0.15) is 10.4 Å². The molecule has 0 aliphatic heterocycles. The maximum atomic E-state index is 11.9. The number of H-pyrrole nitrogens is 1. The van der Waals surface area contributed by atoms with Crippen molar-refractivity contribution in [2.75, 3.05) is 27.4 Å². The van der Waals surface area contributed by atoms with Crippen LogP contribution in [-0.4, -0.2) is 53.5 Å². The summed E-state index contributed by atoms with van der Waals surface area (Å²) in [6.07, 6.45) is 1.68. The van der Waals surface area contributed by atoms with Crippen LogP contribution in [0, 0.1) is 0 Å². The fourth-order valence-electron chi connectivity index (χ4n) is 3.11. The predicted octanol–water partition coefficient (Wildman–Crippen LogP) is 3.30. The first kappa shape index (κ1) is 18.7. The number of nitrogens with one attached hydrogen (secondary N) is 1. The highest BCUT2D eigenvalue weighted by molar-refractivity contribution is 6.02. The van der Waals surface area contributed by atoms with Crippen LogP contribution >= 0.6 is 0 Å². The number of esters is 1. The van der Waals surface area contributed by atoms with Crippen LogP contribution in [0.4, 0.5) is 0 Å². The number of benzene rings is 2. The van der Waals surface area contributed by atoms with E-state index in [2.05, 4.69) is 15.0 Å². The van der Waals surface area contributed by atoms with E-state index in [1.54, 1.807) is 31.5 Å². The molecule has 0 fully saturated rings. The molecule has 8 heteroatoms. The molecule has 0 unspecified atom stereocenters. The molecule has 0 spiro atoms. The summed E-state index contributed by atoms with van der Waals surface area (Å²) >= 11 is 0. The summed E-state index contributed by atoms with van der Waals surface area (Å²) in [7, 11) is 2.93. The number of methoxy groups -OCH3 is 2. The number of fused-ring (bicyclic) bond motifs is 2. The third-order valence-corrected chi connectivity index (χ3v) is 4.53. The molecular weight excluding hydrogens is 374 g/mol. The van der Waals surface area contributed by atoms with Crippen LogP contribution in [0.3, 0.4) is 0 Å². The van der Waals surface area contributed by atoms with E-state index in [9.17, 15) is 9.90 Å². The maximum absolute atomic E-state index is 11.9. The molecule has 4 rings (SSSR count). The lowest BCUT2D eigenvalue weighted by molar-refractivity contribution is 0.0601. The van der Waals surface area contributed by atoms with Gasteiger partial charge in [-0.15, -0.1) is 0 Å². The number of carbonyl (C=O) groups is 1. The van der Waals surface area contributed by atoms with Gasteiger partial charge < -0.3 is 24.3 Å². The minimum Gasteiger partial charge on any atom is -0.494 e. The molecule has 0 amide bonds. The van der Waals surface area contributed by atoms with E-state index < -0.39 is 5.97 Å². The number of rotatable bonds is 6. The topological polar surface area (TPSA) is 107 Å². The summed E-state index contributed by atoms with van der Waals surface area (Å²) in [5.74, 6) is 0.456. The Kier molecular flexibility index (Phi) is 5.01. The van der Waals surface area contributed by atoms with Gasteiger partial charge in [-0.25, -0.2) is 14.8 Å². The standard InChI is InChI=1S/C21H19N3O5/c1-27-7-8-29-14-5-3-13-11-22-19(23-17(13)10-14)18-15-9-12(21(26)28-2)4-6-16(15)24-20(18)25/h3-6,9-11,24-25H,7-8H2,1-2H3. The Labute approximate surface area is 166 Å². The number of aromatic nitrogens is 3. The number of hydrogen-bond donors (Lipinski definition) is 2. The number of nitrogens with zero attached hydrogens (tertiary/aromatic N) is 2. The number of hydrogen-bond acceptors (Lipinski definition) is 7. The molecule has 0 aliphatic carbocycles. The average Bonchev–Trinajstić information content (AvgIpc) is 3.07. The minimum absolute atomic E-state index is 0.0751. The van der Waals surface area contributed by atoms with Gasteiger partial charge in [0.2, 0.25) is 5.88 Å². The van der Waals surface area contributed by atoms with E-state index >= 15 is 0 Å². The number of carbonyl (C=O) groups excluding carboxylic acids is 1. The second-order valence-electron chi connectivity index (χ2n) is 6.36. The Balaban J connectivity index is 1.79. The molecule has 29 heavy (non-hydrogen) atoms. The number of aromatic hydroxyl groups is 1. The molecule has 2 aromatic carbocycles. The van der Waals surface area contributed by atoms with E-state index in [1.165, 1.54) is 7.11 Å². The monoisotopic (exact) mass is 393 g/mol. The lowest BCUT2D eigenvalue weighted by Gasteiger charge is -2.07. The van der Waals surface area contributed by atoms with Crippen LogP contribution in [0.15, 0.2) is 42.6 Å². The first-order valence-electron chi connectivity index (χ1n) is 8.92. The van der Waals surface area contributed by atoms with Gasteiger partial charge in [0.25, 0.3) is 0 Å². The highest BCUT2D eigenvalue weighted by Gasteiger charge is 2.18.